The van der Waals surface area contributed by atoms with E-state index in [-0.39, 0.29) is 36.1 Å². The van der Waals surface area contributed by atoms with Crippen molar-refractivity contribution < 1.29 is 13.7 Å². The molecule has 0 aliphatic carbocycles. The number of fused-ring (bicyclic) bond motifs is 1. The van der Waals surface area contributed by atoms with E-state index in [9.17, 15) is 9.59 Å². The number of hydrogen-bond acceptors (Lipinski definition) is 6. The first-order valence-electron chi connectivity index (χ1n) is 10.3. The molecule has 1 amide bonds. The summed E-state index contributed by atoms with van der Waals surface area (Å²) < 4.78 is 12.0. The van der Waals surface area contributed by atoms with Crippen molar-refractivity contribution in [1.29, 1.82) is 0 Å². The van der Waals surface area contributed by atoms with Crippen molar-refractivity contribution >= 4 is 17.0 Å². The van der Waals surface area contributed by atoms with Crippen LogP contribution in [0, 0.1) is 0 Å². The molecule has 1 atom stereocenters. The summed E-state index contributed by atoms with van der Waals surface area (Å²) in [5.41, 5.74) is 2.73. The molecular formula is C23H24N4O4. The average Bonchev–Trinajstić information content (AvgIpc) is 3.43. The molecule has 3 heterocycles. The molecule has 0 radical (unpaired) electrons. The lowest BCUT2D eigenvalue weighted by Crippen LogP contribution is -2.35. The number of rotatable bonds is 8. The number of carbonyl (C=O) groups excluding carboxylic acids is 1. The van der Waals surface area contributed by atoms with Gasteiger partial charge in [0.2, 0.25) is 5.91 Å². The van der Waals surface area contributed by atoms with Crippen molar-refractivity contribution in [2.45, 2.75) is 45.7 Å². The Morgan fingerprint density at radius 1 is 1.23 bits per heavy atom. The summed E-state index contributed by atoms with van der Waals surface area (Å²) in [7, 11) is 0. The fourth-order valence-electron chi connectivity index (χ4n) is 3.45. The van der Waals surface area contributed by atoms with Crippen LogP contribution in [0.3, 0.4) is 0 Å². The third kappa shape index (κ3) is 4.58. The van der Waals surface area contributed by atoms with Gasteiger partial charge in [-0.2, -0.15) is 0 Å². The Labute approximate surface area is 178 Å². The van der Waals surface area contributed by atoms with Gasteiger partial charge in [-0.05, 0) is 31.0 Å². The summed E-state index contributed by atoms with van der Waals surface area (Å²) in [6, 6.07) is 11.5. The lowest BCUT2D eigenvalue weighted by molar-refractivity contribution is -0.121. The van der Waals surface area contributed by atoms with E-state index < -0.39 is 0 Å². The molecule has 4 aromatic rings. The van der Waals surface area contributed by atoms with Crippen molar-refractivity contribution in [3.8, 4) is 11.3 Å². The van der Waals surface area contributed by atoms with Crippen molar-refractivity contribution in [1.82, 2.24) is 20.0 Å². The van der Waals surface area contributed by atoms with Crippen LogP contribution in [0.4, 0.5) is 0 Å². The third-order valence-corrected chi connectivity index (χ3v) is 5.16. The molecule has 0 spiro atoms. The van der Waals surface area contributed by atoms with Crippen LogP contribution in [-0.2, 0) is 24.2 Å². The minimum atomic E-state index is -0.356. The number of aromatic nitrogens is 3. The second kappa shape index (κ2) is 8.99. The highest BCUT2D eigenvalue weighted by Crippen LogP contribution is 2.24. The van der Waals surface area contributed by atoms with E-state index in [0.29, 0.717) is 17.6 Å². The van der Waals surface area contributed by atoms with Gasteiger partial charge in [0.15, 0.2) is 0 Å². The van der Waals surface area contributed by atoms with Gasteiger partial charge in [0.25, 0.3) is 11.1 Å². The molecule has 0 saturated heterocycles. The second-order valence-corrected chi connectivity index (χ2v) is 7.50. The summed E-state index contributed by atoms with van der Waals surface area (Å²) >= 11 is 0. The maximum absolute atomic E-state index is 12.8. The molecule has 1 aromatic carbocycles. The Hall–Kier alpha value is -3.68. The Morgan fingerprint density at radius 3 is 2.74 bits per heavy atom. The van der Waals surface area contributed by atoms with E-state index >= 15 is 0 Å². The first-order chi connectivity index (χ1) is 15.0. The molecular weight excluding hydrogens is 396 g/mol. The molecule has 0 aliphatic rings. The van der Waals surface area contributed by atoms with Gasteiger partial charge in [0.1, 0.15) is 17.0 Å². The molecule has 8 nitrogen and oxygen atoms in total. The fraction of sp³-hybridized carbons (Fsp3) is 0.304. The fourth-order valence-corrected chi connectivity index (χ4v) is 3.45. The summed E-state index contributed by atoms with van der Waals surface area (Å²) in [6.45, 7) is 4.19. The van der Waals surface area contributed by atoms with Gasteiger partial charge in [0, 0.05) is 31.0 Å². The maximum Gasteiger partial charge on any atom is 0.299 e. The number of benzene rings is 1. The van der Waals surface area contributed by atoms with Crippen LogP contribution in [0.2, 0.25) is 0 Å². The van der Waals surface area contributed by atoms with Crippen molar-refractivity contribution in [2.24, 2.45) is 0 Å². The SMILES string of the molecule is CCc1ccc(-c2noc3c(=O)n(CCC(=O)NC(C)Cc4ccco4)cnc23)cc1. The highest BCUT2D eigenvalue weighted by Gasteiger charge is 2.17. The topological polar surface area (TPSA) is 103 Å². The zero-order valence-electron chi connectivity index (χ0n) is 17.5. The maximum atomic E-state index is 12.8. The number of nitrogens with zero attached hydrogens (tertiary/aromatic N) is 3. The molecule has 0 fully saturated rings. The average molecular weight is 420 g/mol. The molecule has 1 N–H and O–H groups in total. The number of carbonyl (C=O) groups is 1. The quantitative estimate of drug-likeness (QED) is 0.469. The summed E-state index contributed by atoms with van der Waals surface area (Å²) in [5.74, 6) is 0.657. The molecule has 1 unspecified atom stereocenters. The van der Waals surface area contributed by atoms with Crippen LogP contribution in [0.15, 0.2) is 62.7 Å². The molecule has 0 bridgehead atoms. The molecule has 3 aromatic heterocycles. The van der Waals surface area contributed by atoms with Gasteiger partial charge >= 0.3 is 0 Å². The summed E-state index contributed by atoms with van der Waals surface area (Å²) in [5, 5.41) is 6.96. The lowest BCUT2D eigenvalue weighted by atomic mass is 10.1. The van der Waals surface area contributed by atoms with Gasteiger partial charge in [-0.15, -0.1) is 0 Å². The molecule has 4 rings (SSSR count). The summed E-state index contributed by atoms with van der Waals surface area (Å²) in [4.78, 5) is 29.4. The van der Waals surface area contributed by atoms with Crippen LogP contribution < -0.4 is 10.9 Å². The van der Waals surface area contributed by atoms with Gasteiger partial charge < -0.3 is 14.3 Å². The van der Waals surface area contributed by atoms with Gasteiger partial charge in [-0.3, -0.25) is 14.2 Å². The second-order valence-electron chi connectivity index (χ2n) is 7.50. The Morgan fingerprint density at radius 2 is 2.03 bits per heavy atom. The monoisotopic (exact) mass is 420 g/mol. The predicted octanol–water partition coefficient (Wildman–Crippen LogP) is 3.34. The van der Waals surface area contributed by atoms with Gasteiger partial charge in [-0.25, -0.2) is 4.98 Å². The number of hydrogen-bond donors (Lipinski definition) is 1. The normalized spacial score (nSPS) is 12.2. The largest absolute Gasteiger partial charge is 0.469 e. The minimum Gasteiger partial charge on any atom is -0.469 e. The van der Waals surface area contributed by atoms with E-state index in [0.717, 1.165) is 17.7 Å². The van der Waals surface area contributed by atoms with Gasteiger partial charge in [-0.1, -0.05) is 36.3 Å². The Balaban J connectivity index is 1.43. The first kappa shape index (κ1) is 20.6. The van der Waals surface area contributed by atoms with Crippen molar-refractivity contribution in [3.63, 3.8) is 0 Å². The predicted molar refractivity (Wildman–Crippen MR) is 116 cm³/mol. The zero-order chi connectivity index (χ0) is 21.8. The third-order valence-electron chi connectivity index (χ3n) is 5.16. The Kier molecular flexibility index (Phi) is 5.97. The minimum absolute atomic E-state index is 0.0769. The van der Waals surface area contributed by atoms with E-state index in [2.05, 4.69) is 22.4 Å². The van der Waals surface area contributed by atoms with Gasteiger partial charge in [0.05, 0.1) is 12.6 Å². The van der Waals surface area contributed by atoms with E-state index in [1.165, 1.54) is 16.5 Å². The van der Waals surface area contributed by atoms with Crippen molar-refractivity contribution in [2.75, 3.05) is 0 Å². The number of aryl methyl sites for hydroxylation is 2. The van der Waals surface area contributed by atoms with E-state index in [1.807, 2.05) is 43.3 Å². The van der Waals surface area contributed by atoms with Crippen LogP contribution in [0.25, 0.3) is 22.4 Å². The molecule has 160 valence electrons. The van der Waals surface area contributed by atoms with Crippen LogP contribution in [0.5, 0.6) is 0 Å². The number of nitrogens with one attached hydrogen (secondary N) is 1. The van der Waals surface area contributed by atoms with Crippen LogP contribution in [0.1, 0.15) is 31.6 Å². The smallest absolute Gasteiger partial charge is 0.299 e. The van der Waals surface area contributed by atoms with Crippen LogP contribution in [-0.4, -0.2) is 26.7 Å². The number of furan rings is 1. The molecule has 0 saturated carbocycles. The number of amides is 1. The molecule has 0 aliphatic heterocycles. The molecule has 31 heavy (non-hydrogen) atoms. The first-order valence-corrected chi connectivity index (χ1v) is 10.3. The highest BCUT2D eigenvalue weighted by molar-refractivity contribution is 5.87. The standard InChI is InChI=1S/C23H24N4O4/c1-3-16-6-8-17(9-7-16)20-21-22(31-26-20)23(29)27(14-24-21)11-10-19(28)25-15(2)13-18-5-4-12-30-18/h4-9,12,14-15H,3,10-11,13H2,1-2H3,(H,25,28). The summed E-state index contributed by atoms with van der Waals surface area (Å²) in [6.07, 6.45) is 4.74. The molecule has 8 heteroatoms. The van der Waals surface area contributed by atoms with E-state index in [1.54, 1.807) is 6.26 Å². The highest BCUT2D eigenvalue weighted by atomic mass is 16.5. The van der Waals surface area contributed by atoms with E-state index in [4.69, 9.17) is 8.94 Å². The Bertz CT molecular complexity index is 1220. The lowest BCUT2D eigenvalue weighted by Gasteiger charge is -2.12. The van der Waals surface area contributed by atoms with Crippen molar-refractivity contribution in [3.05, 3.63) is 70.7 Å². The zero-order valence-corrected chi connectivity index (χ0v) is 17.5. The van der Waals surface area contributed by atoms with Crippen LogP contribution >= 0.6 is 0 Å².